The second-order valence-electron chi connectivity index (χ2n) is 24.5. The van der Waals surface area contributed by atoms with Crippen LogP contribution in [0.25, 0.3) is 0 Å². The third-order valence-electron chi connectivity index (χ3n) is 16.1. The molecule has 1 fully saturated rings. The standard InChI is InChI=1S/C65H96N10O16S/c1-10-12-20-31-90-75(63(86)59(42(5)11-2)73-53(77)33-47-21-18-19-30-74(47)9)51(41(3)4)34-52(91-43(6)76)62-72-50(40-92-62)61(85)70-46(35-65(7,8)64(87)88)32-44-24-26-45(27-25-44)69-60(84)49(28-29-58(82)83)71-56(80)38-67-54(78)36-66-55(79)37-68-57(81)39-89-48-22-16-14-13-15-17-23-48/h1,16,22,24-27,40-42,46-49,51-52,59H,11-15,17-21,23,28-39H2,2-9H3,(H,66,79)(H,67,78)(H,68,81)(H,69,84)(H,70,85)(H,71,80)(H,73,77)(H,82,83)(H,87,88)/b22-16-/t42-,46-,47+,48?,49-,51+,52+,59-/m0/s1. The number of nitrogens with one attached hydrogen (secondary N) is 7. The maximum absolute atomic E-state index is 14.9. The van der Waals surface area contributed by atoms with Gasteiger partial charge >= 0.3 is 17.9 Å². The zero-order valence-electron chi connectivity index (χ0n) is 54.4. The van der Waals surface area contributed by atoms with Gasteiger partial charge in [0, 0.05) is 55.8 Å². The molecule has 2 aliphatic rings. The fourth-order valence-corrected chi connectivity index (χ4v) is 11.3. The van der Waals surface area contributed by atoms with Crippen molar-refractivity contribution in [2.75, 3.05) is 51.8 Å². The Morgan fingerprint density at radius 3 is 2.16 bits per heavy atom. The van der Waals surface area contributed by atoms with Gasteiger partial charge in [-0.1, -0.05) is 77.7 Å². The predicted octanol–water partition coefficient (Wildman–Crippen LogP) is 5.13. The van der Waals surface area contributed by atoms with Crippen LogP contribution >= 0.6 is 11.3 Å². The average Bonchev–Trinajstić information content (AvgIpc) is 1.84. The number of nitrogens with zero attached hydrogens (tertiary/aromatic N) is 3. The lowest BCUT2D eigenvalue weighted by Crippen LogP contribution is -2.56. The van der Waals surface area contributed by atoms with Gasteiger partial charge in [-0.2, -0.15) is 0 Å². The Kier molecular flexibility index (Phi) is 33.0. The monoisotopic (exact) mass is 1300 g/mol. The molecule has 1 aromatic carbocycles. The Morgan fingerprint density at radius 2 is 1.53 bits per heavy atom. The molecule has 1 aliphatic heterocycles. The van der Waals surface area contributed by atoms with E-state index in [0.717, 1.165) is 69.2 Å². The van der Waals surface area contributed by atoms with Gasteiger partial charge in [-0.25, -0.2) is 10.0 Å². The number of benzene rings is 1. The summed E-state index contributed by atoms with van der Waals surface area (Å²) >= 11 is 1.04. The summed E-state index contributed by atoms with van der Waals surface area (Å²) in [7, 11) is 1.99. The number of esters is 1. The minimum atomic E-state index is -1.37. The van der Waals surface area contributed by atoms with E-state index in [0.29, 0.717) is 24.8 Å². The zero-order chi connectivity index (χ0) is 67.9. The molecule has 1 aliphatic carbocycles. The summed E-state index contributed by atoms with van der Waals surface area (Å²) < 4.78 is 11.5. The Balaban J connectivity index is 1.43. The van der Waals surface area contributed by atoms with Crippen LogP contribution in [-0.2, 0) is 68.7 Å². The van der Waals surface area contributed by atoms with Crippen molar-refractivity contribution in [3.63, 3.8) is 0 Å². The predicted molar refractivity (Wildman–Crippen MR) is 343 cm³/mol. The number of piperidine rings is 1. The molecule has 2 heterocycles. The topological polar surface area (TPSA) is 359 Å². The molecule has 26 nitrogen and oxygen atoms in total. The quantitative estimate of drug-likeness (QED) is 0.0138. The van der Waals surface area contributed by atoms with E-state index in [1.807, 2.05) is 46.9 Å². The first kappa shape index (κ1) is 76.7. The maximum atomic E-state index is 14.9. The van der Waals surface area contributed by atoms with Crippen molar-refractivity contribution >= 4 is 82.2 Å². The van der Waals surface area contributed by atoms with Gasteiger partial charge in [0.2, 0.25) is 35.4 Å². The van der Waals surface area contributed by atoms with Crippen LogP contribution in [0.2, 0.25) is 0 Å². The number of rotatable bonds is 38. The summed E-state index contributed by atoms with van der Waals surface area (Å²) in [5.41, 5.74) is -0.558. The molecule has 0 spiro atoms. The molecule has 27 heteroatoms. The van der Waals surface area contributed by atoms with Crippen molar-refractivity contribution < 1.29 is 77.3 Å². The second kappa shape index (κ2) is 39.6. The summed E-state index contributed by atoms with van der Waals surface area (Å²) in [6.45, 7) is 10.9. The van der Waals surface area contributed by atoms with E-state index in [-0.39, 0.29) is 91.6 Å². The minimum Gasteiger partial charge on any atom is -0.481 e. The van der Waals surface area contributed by atoms with Gasteiger partial charge in [-0.15, -0.1) is 23.7 Å². The number of hydrogen-bond donors (Lipinski definition) is 9. The van der Waals surface area contributed by atoms with Gasteiger partial charge in [0.1, 0.15) is 29.4 Å². The van der Waals surface area contributed by atoms with Crippen molar-refractivity contribution in [3.05, 3.63) is 58.1 Å². The number of aromatic nitrogens is 1. The molecule has 2 aromatic rings. The molecular weight excluding hydrogens is 1210 g/mol. The Bertz CT molecular complexity index is 2870. The van der Waals surface area contributed by atoms with Crippen molar-refractivity contribution in [1.82, 2.24) is 46.8 Å². The molecule has 8 atom stereocenters. The third kappa shape index (κ3) is 27.6. The normalized spacial score (nSPS) is 17.4. The first-order valence-electron chi connectivity index (χ1n) is 31.7. The van der Waals surface area contributed by atoms with E-state index in [1.165, 1.54) is 43.3 Å². The molecule has 9 N–H and O–H groups in total. The number of likely N-dealkylation sites (tertiary alicyclic amines) is 1. The van der Waals surface area contributed by atoms with Crippen molar-refractivity contribution in [2.45, 2.75) is 200 Å². The molecule has 1 unspecified atom stereocenters. The molecule has 1 saturated heterocycles. The summed E-state index contributed by atoms with van der Waals surface area (Å²) in [5, 5.41) is 40.7. The van der Waals surface area contributed by atoms with Crippen LogP contribution in [0.3, 0.4) is 0 Å². The number of amides is 8. The fraction of sp³-hybridized carbons (Fsp3) is 0.631. The first-order chi connectivity index (χ1) is 43.7. The lowest BCUT2D eigenvalue weighted by molar-refractivity contribution is -0.213. The van der Waals surface area contributed by atoms with Crippen LogP contribution in [0, 0.1) is 29.6 Å². The van der Waals surface area contributed by atoms with Gasteiger partial charge in [0.05, 0.1) is 43.8 Å². The Labute approximate surface area is 543 Å². The van der Waals surface area contributed by atoms with Crippen LogP contribution in [0.4, 0.5) is 5.69 Å². The number of ether oxygens (including phenoxy) is 2. The Morgan fingerprint density at radius 1 is 0.859 bits per heavy atom. The number of carboxylic acid groups (broad SMARTS) is 2. The Hall–Kier alpha value is -7.80. The number of carboxylic acids is 2. The molecule has 4 rings (SSSR count). The number of aliphatic carboxylic acids is 2. The van der Waals surface area contributed by atoms with E-state index in [1.54, 1.807) is 12.1 Å². The van der Waals surface area contributed by atoms with E-state index < -0.39 is 121 Å². The first-order valence-corrected chi connectivity index (χ1v) is 32.6. The second-order valence-corrected chi connectivity index (χ2v) is 25.4. The smallest absolute Gasteiger partial charge is 0.309 e. The van der Waals surface area contributed by atoms with Gasteiger partial charge in [-0.3, -0.25) is 57.6 Å². The molecule has 1 aromatic heterocycles. The summed E-state index contributed by atoms with van der Waals surface area (Å²) in [4.78, 5) is 156. The lowest BCUT2D eigenvalue weighted by atomic mass is 9.84. The van der Waals surface area contributed by atoms with Gasteiger partial charge < -0.3 is 61.8 Å². The highest BCUT2D eigenvalue weighted by Gasteiger charge is 2.40. The molecule has 8 amide bonds. The number of allylic oxidation sites excluding steroid dienone is 1. The number of anilines is 1. The maximum Gasteiger partial charge on any atom is 0.309 e. The van der Waals surface area contributed by atoms with Crippen LogP contribution in [0.15, 0.2) is 41.8 Å². The number of unbranched alkanes of at least 4 members (excludes halogenated alkanes) is 1. The fourth-order valence-electron chi connectivity index (χ4n) is 10.4. The number of carbonyl (C=O) groups excluding carboxylic acids is 9. The lowest BCUT2D eigenvalue weighted by Gasteiger charge is -2.38. The van der Waals surface area contributed by atoms with Crippen LogP contribution in [0.1, 0.15) is 178 Å². The van der Waals surface area contributed by atoms with Gasteiger partial charge in [-0.05, 0) is 115 Å². The van der Waals surface area contributed by atoms with E-state index in [9.17, 15) is 63.0 Å². The molecule has 508 valence electrons. The van der Waals surface area contributed by atoms with Crippen molar-refractivity contribution in [3.8, 4) is 12.3 Å². The highest BCUT2D eigenvalue weighted by atomic mass is 32.1. The van der Waals surface area contributed by atoms with Crippen LogP contribution < -0.4 is 37.2 Å². The van der Waals surface area contributed by atoms with E-state index >= 15 is 0 Å². The highest BCUT2D eigenvalue weighted by molar-refractivity contribution is 7.09. The van der Waals surface area contributed by atoms with Crippen molar-refractivity contribution in [2.24, 2.45) is 17.3 Å². The largest absolute Gasteiger partial charge is 0.481 e. The molecule has 0 radical (unpaired) electrons. The highest BCUT2D eigenvalue weighted by Crippen LogP contribution is 2.33. The van der Waals surface area contributed by atoms with Gasteiger partial charge in [0.15, 0.2) is 6.10 Å². The summed E-state index contributed by atoms with van der Waals surface area (Å²) in [6, 6.07) is 2.44. The van der Waals surface area contributed by atoms with Gasteiger partial charge in [0.25, 0.3) is 11.8 Å². The SMILES string of the molecule is C#CCCCON(C(=O)[C@@H](NC(=O)C[C@H]1CCCCN1C)[C@@H](C)CC)[C@H](C[C@@H](OC(C)=O)c1nc(C(=O)N[C@@H](Cc2ccc(NC(=O)[C@H](CCC(=O)O)NC(=O)CNC(=O)CNC(=O)CNC(=O)COC3/C=C\CCCCC3)cc2)CC(C)(C)C(=O)O)cs1)C(C)C. The summed E-state index contributed by atoms with van der Waals surface area (Å²) in [6.07, 6.45) is 16.8. The number of carbonyl (C=O) groups is 11. The average molecular weight is 1310 g/mol. The van der Waals surface area contributed by atoms with Crippen molar-refractivity contribution in [1.29, 1.82) is 0 Å². The number of terminal acetylenes is 1. The molecule has 0 bridgehead atoms. The third-order valence-corrected chi connectivity index (χ3v) is 17.0. The number of hydroxylamine groups is 2. The van der Waals surface area contributed by atoms with Crippen LogP contribution in [-0.4, -0.2) is 173 Å². The molecular formula is C65H96N10O16S. The number of hydrogen-bond acceptors (Lipinski definition) is 17. The zero-order valence-corrected chi connectivity index (χ0v) is 55.3. The number of thiazole rings is 1. The van der Waals surface area contributed by atoms with E-state index in [4.69, 9.17) is 20.7 Å². The minimum absolute atomic E-state index is 0.0190. The van der Waals surface area contributed by atoms with Crippen LogP contribution in [0.5, 0.6) is 0 Å². The molecule has 92 heavy (non-hydrogen) atoms. The summed E-state index contributed by atoms with van der Waals surface area (Å²) in [5.74, 6) is -6.02. The van der Waals surface area contributed by atoms with E-state index in [2.05, 4.69) is 53.0 Å². The molecule has 0 saturated carbocycles.